The minimum atomic E-state index is -4.33. The highest BCUT2D eigenvalue weighted by Gasteiger charge is 2.27. The standard InChI is InChI=1S/C38H73N2O6P/c1-6-8-10-12-14-16-18-19-20-21-22-24-26-28-30-32-38(42)39-36(35-46-47(43,44)45-34-33-40(3,4)5)37(41)31-29-27-25-23-17-15-13-11-9-7-2/h14,16,19-20,29,31,36-37,41H,6-13,15,17-18,21-28,30,32-35H2,1-5H3,(H-,39,42,43,44)/p+1/b16-14-,20-19-,31-29+. The second kappa shape index (κ2) is 30.8. The summed E-state index contributed by atoms with van der Waals surface area (Å²) in [6.07, 6.45) is 34.9. The van der Waals surface area contributed by atoms with E-state index in [4.69, 9.17) is 9.05 Å². The molecule has 8 nitrogen and oxygen atoms in total. The molecule has 0 aromatic rings. The third kappa shape index (κ3) is 33.0. The van der Waals surface area contributed by atoms with Crippen molar-refractivity contribution in [3.05, 3.63) is 36.5 Å². The zero-order chi connectivity index (χ0) is 35.1. The number of aliphatic hydroxyl groups excluding tert-OH is 1. The van der Waals surface area contributed by atoms with Crippen molar-refractivity contribution >= 4 is 13.7 Å². The number of allylic oxidation sites excluding steroid dienone is 5. The molecule has 0 spiro atoms. The Morgan fingerprint density at radius 1 is 0.723 bits per heavy atom. The third-order valence-corrected chi connectivity index (χ3v) is 9.09. The van der Waals surface area contributed by atoms with Crippen LogP contribution in [0.3, 0.4) is 0 Å². The summed E-state index contributed by atoms with van der Waals surface area (Å²) in [6, 6.07) is -0.849. The number of unbranched alkanes of at least 4 members (excludes halogenated alkanes) is 16. The highest BCUT2D eigenvalue weighted by Crippen LogP contribution is 2.43. The fraction of sp³-hybridized carbons (Fsp3) is 0.816. The number of amides is 1. The topological polar surface area (TPSA) is 105 Å². The molecule has 0 aromatic heterocycles. The number of rotatable bonds is 33. The largest absolute Gasteiger partial charge is 0.472 e. The van der Waals surface area contributed by atoms with Gasteiger partial charge in [0.15, 0.2) is 0 Å². The molecule has 0 aromatic carbocycles. The van der Waals surface area contributed by atoms with Gasteiger partial charge in [-0.15, -0.1) is 0 Å². The number of phosphoric ester groups is 1. The molecule has 0 aliphatic carbocycles. The van der Waals surface area contributed by atoms with Gasteiger partial charge in [-0.1, -0.05) is 127 Å². The average molecular weight is 686 g/mol. The fourth-order valence-corrected chi connectivity index (χ4v) is 5.75. The van der Waals surface area contributed by atoms with Gasteiger partial charge in [0.25, 0.3) is 0 Å². The summed E-state index contributed by atoms with van der Waals surface area (Å²) in [5, 5.41) is 13.7. The van der Waals surface area contributed by atoms with Gasteiger partial charge < -0.3 is 19.8 Å². The summed E-state index contributed by atoms with van der Waals surface area (Å²) in [5.41, 5.74) is 0. The van der Waals surface area contributed by atoms with Gasteiger partial charge in [0, 0.05) is 6.42 Å². The molecular formula is C38H74N2O6P+. The SMILES string of the molecule is CCCCC/C=C\C/C=C\CCCCCCCC(=O)NC(COP(=O)(O)OCC[N+](C)(C)C)C(O)/C=C/CCCCCCCCCC. The first-order valence-electron chi connectivity index (χ1n) is 18.9. The summed E-state index contributed by atoms with van der Waals surface area (Å²) in [7, 11) is 1.55. The van der Waals surface area contributed by atoms with E-state index in [0.717, 1.165) is 64.2 Å². The molecule has 0 fully saturated rings. The molecule has 3 N–H and O–H groups in total. The smallest absolute Gasteiger partial charge is 0.387 e. The van der Waals surface area contributed by atoms with E-state index in [-0.39, 0.29) is 19.1 Å². The predicted octanol–water partition coefficient (Wildman–Crippen LogP) is 9.57. The fourth-order valence-electron chi connectivity index (χ4n) is 5.01. The zero-order valence-electron chi connectivity index (χ0n) is 31.0. The molecule has 47 heavy (non-hydrogen) atoms. The van der Waals surface area contributed by atoms with Crippen LogP contribution in [-0.2, 0) is 18.4 Å². The van der Waals surface area contributed by atoms with E-state index in [1.54, 1.807) is 6.08 Å². The highest BCUT2D eigenvalue weighted by molar-refractivity contribution is 7.47. The Morgan fingerprint density at radius 3 is 1.79 bits per heavy atom. The minimum absolute atomic E-state index is 0.0577. The lowest BCUT2D eigenvalue weighted by Crippen LogP contribution is -2.45. The second-order valence-corrected chi connectivity index (χ2v) is 15.4. The van der Waals surface area contributed by atoms with Gasteiger partial charge >= 0.3 is 7.82 Å². The molecule has 0 saturated heterocycles. The van der Waals surface area contributed by atoms with Crippen molar-refractivity contribution in [3.8, 4) is 0 Å². The molecule has 1 amide bonds. The number of phosphoric acid groups is 1. The molecule has 0 heterocycles. The van der Waals surface area contributed by atoms with Crippen LogP contribution in [-0.4, -0.2) is 73.4 Å². The predicted molar refractivity (Wildman–Crippen MR) is 198 cm³/mol. The van der Waals surface area contributed by atoms with Gasteiger partial charge in [0.2, 0.25) is 5.91 Å². The Bertz CT molecular complexity index is 871. The van der Waals surface area contributed by atoms with Crippen LogP contribution in [0.4, 0.5) is 0 Å². The molecule has 9 heteroatoms. The Hall–Kier alpha value is -1.28. The van der Waals surface area contributed by atoms with E-state index in [1.165, 1.54) is 64.2 Å². The van der Waals surface area contributed by atoms with Crippen molar-refractivity contribution in [1.82, 2.24) is 5.32 Å². The first-order chi connectivity index (χ1) is 22.5. The number of carbonyl (C=O) groups excluding carboxylic acids is 1. The van der Waals surface area contributed by atoms with E-state index in [9.17, 15) is 19.4 Å². The molecule has 0 aliphatic heterocycles. The van der Waals surface area contributed by atoms with Gasteiger partial charge in [0.1, 0.15) is 13.2 Å². The molecule has 0 radical (unpaired) electrons. The van der Waals surface area contributed by atoms with Gasteiger partial charge in [-0.05, 0) is 51.4 Å². The number of hydrogen-bond donors (Lipinski definition) is 3. The second-order valence-electron chi connectivity index (χ2n) is 13.9. The van der Waals surface area contributed by atoms with Gasteiger partial charge in [0.05, 0.1) is 39.9 Å². The maximum Gasteiger partial charge on any atom is 0.472 e. The quantitative estimate of drug-likeness (QED) is 0.0275. The molecule has 0 saturated carbocycles. The molecular weight excluding hydrogens is 611 g/mol. The summed E-state index contributed by atoms with van der Waals surface area (Å²) >= 11 is 0. The normalized spacial score (nSPS) is 15.1. The number of quaternary nitrogens is 1. The van der Waals surface area contributed by atoms with Crippen molar-refractivity contribution in [2.24, 2.45) is 0 Å². The van der Waals surface area contributed by atoms with Crippen LogP contribution < -0.4 is 5.32 Å². The van der Waals surface area contributed by atoms with Crippen molar-refractivity contribution in [2.45, 2.75) is 161 Å². The van der Waals surface area contributed by atoms with Gasteiger partial charge in [-0.25, -0.2) is 4.57 Å². The number of aliphatic hydroxyl groups is 1. The first-order valence-corrected chi connectivity index (χ1v) is 20.4. The lowest BCUT2D eigenvalue weighted by Gasteiger charge is -2.25. The minimum Gasteiger partial charge on any atom is -0.387 e. The number of carbonyl (C=O) groups is 1. The molecule has 0 aliphatic rings. The van der Waals surface area contributed by atoms with Crippen molar-refractivity contribution in [2.75, 3.05) is 40.9 Å². The Labute approximate surface area is 289 Å². The summed E-state index contributed by atoms with van der Waals surface area (Å²) < 4.78 is 23.4. The molecule has 3 unspecified atom stereocenters. The highest BCUT2D eigenvalue weighted by atomic mass is 31.2. The number of nitrogens with one attached hydrogen (secondary N) is 1. The van der Waals surface area contributed by atoms with E-state index in [0.29, 0.717) is 17.4 Å². The first kappa shape index (κ1) is 45.7. The van der Waals surface area contributed by atoms with Crippen LogP contribution >= 0.6 is 7.82 Å². The van der Waals surface area contributed by atoms with Crippen LogP contribution in [0, 0.1) is 0 Å². The molecule has 276 valence electrons. The maximum atomic E-state index is 12.8. The number of likely N-dealkylation sites (N-methyl/N-ethyl adjacent to an activating group) is 1. The van der Waals surface area contributed by atoms with Crippen LogP contribution in [0.2, 0.25) is 0 Å². The zero-order valence-corrected chi connectivity index (χ0v) is 31.9. The average Bonchev–Trinajstić information content (AvgIpc) is 3.01. The summed E-state index contributed by atoms with van der Waals surface area (Å²) in [4.78, 5) is 22.9. The van der Waals surface area contributed by atoms with E-state index < -0.39 is 20.0 Å². The van der Waals surface area contributed by atoms with Crippen molar-refractivity contribution in [3.63, 3.8) is 0 Å². The van der Waals surface area contributed by atoms with Crippen molar-refractivity contribution < 1.29 is 32.9 Å². The summed E-state index contributed by atoms with van der Waals surface area (Å²) in [6.45, 7) is 4.72. The van der Waals surface area contributed by atoms with E-state index >= 15 is 0 Å². The third-order valence-electron chi connectivity index (χ3n) is 8.10. The monoisotopic (exact) mass is 686 g/mol. The Morgan fingerprint density at radius 2 is 1.21 bits per heavy atom. The van der Waals surface area contributed by atoms with E-state index in [2.05, 4.69) is 43.5 Å². The molecule has 0 rings (SSSR count). The van der Waals surface area contributed by atoms with Crippen LogP contribution in [0.1, 0.15) is 149 Å². The molecule has 0 bridgehead atoms. The van der Waals surface area contributed by atoms with E-state index in [1.807, 2.05) is 27.2 Å². The number of nitrogens with zero attached hydrogens (tertiary/aromatic N) is 1. The Balaban J connectivity index is 4.55. The lowest BCUT2D eigenvalue weighted by atomic mass is 10.1. The van der Waals surface area contributed by atoms with Gasteiger partial charge in [-0.2, -0.15) is 0 Å². The lowest BCUT2D eigenvalue weighted by molar-refractivity contribution is -0.870. The maximum absolute atomic E-state index is 12.8. The summed E-state index contributed by atoms with van der Waals surface area (Å²) in [5.74, 6) is -0.196. The van der Waals surface area contributed by atoms with Crippen molar-refractivity contribution in [1.29, 1.82) is 0 Å². The number of hydrogen-bond acceptors (Lipinski definition) is 5. The van der Waals surface area contributed by atoms with Crippen LogP contribution in [0.15, 0.2) is 36.5 Å². The van der Waals surface area contributed by atoms with Crippen LogP contribution in [0.25, 0.3) is 0 Å². The van der Waals surface area contributed by atoms with Crippen LogP contribution in [0.5, 0.6) is 0 Å². The van der Waals surface area contributed by atoms with Gasteiger partial charge in [-0.3, -0.25) is 13.8 Å². The molecule has 3 atom stereocenters. The Kier molecular flexibility index (Phi) is 29.9.